The van der Waals surface area contributed by atoms with E-state index in [1.54, 1.807) is 0 Å². The first-order valence-corrected chi connectivity index (χ1v) is 6.33. The van der Waals surface area contributed by atoms with E-state index in [-0.39, 0.29) is 6.29 Å². The predicted octanol–water partition coefficient (Wildman–Crippen LogP) is -4.08. The Bertz CT molecular complexity index is 314. The van der Waals surface area contributed by atoms with Gasteiger partial charge in [-0.05, 0) is 0 Å². The molecule has 14 heteroatoms. The van der Waals surface area contributed by atoms with Crippen LogP contribution in [0.4, 0.5) is 4.79 Å². The largest absolute Gasteiger partial charge is 0.503 e. The third-order valence-corrected chi connectivity index (χ3v) is 1.42. The van der Waals surface area contributed by atoms with Gasteiger partial charge in [0, 0.05) is 0 Å². The van der Waals surface area contributed by atoms with Crippen molar-refractivity contribution in [3.05, 3.63) is 0 Å². The lowest BCUT2D eigenvalue weighted by atomic mass is 10.0. The Morgan fingerprint density at radius 3 is 1.48 bits per heavy atom. The van der Waals surface area contributed by atoms with Gasteiger partial charge in [-0.15, -0.1) is 0 Å². The number of aliphatic hydroxyl groups is 5. The summed E-state index contributed by atoms with van der Waals surface area (Å²) in [7, 11) is -4.64. The fourth-order valence-electron chi connectivity index (χ4n) is 0.618. The van der Waals surface area contributed by atoms with Gasteiger partial charge in [0.15, 0.2) is 6.29 Å². The molecule has 0 aliphatic heterocycles. The molecule has 0 bridgehead atoms. The van der Waals surface area contributed by atoms with Crippen LogP contribution in [0.15, 0.2) is 0 Å². The van der Waals surface area contributed by atoms with Gasteiger partial charge in [-0.2, -0.15) is 0 Å². The first kappa shape index (κ1) is 24.8. The first-order valence-electron chi connectivity index (χ1n) is 4.76. The minimum absolute atomic E-state index is 0.0258. The molecule has 10 N–H and O–H groups in total. The molecule has 0 radical (unpaired) electrons. The van der Waals surface area contributed by atoms with Crippen LogP contribution in [0, 0.1) is 0 Å². The van der Waals surface area contributed by atoms with Crippen LogP contribution in [-0.4, -0.2) is 93.9 Å². The van der Waals surface area contributed by atoms with Gasteiger partial charge in [0.05, 0.1) is 6.61 Å². The maximum Gasteiger partial charge on any atom is 0.503 e. The molecule has 4 atom stereocenters. The van der Waals surface area contributed by atoms with E-state index in [0.717, 1.165) is 0 Å². The monoisotopic (exact) mass is 340 g/mol. The van der Waals surface area contributed by atoms with Gasteiger partial charge in [0.25, 0.3) is 0 Å². The third kappa shape index (κ3) is 24.3. The van der Waals surface area contributed by atoms with Crippen LogP contribution in [0.1, 0.15) is 0 Å². The Hall–Kier alpha value is -1.15. The molecule has 0 aromatic rings. The third-order valence-electron chi connectivity index (χ3n) is 1.42. The zero-order valence-corrected chi connectivity index (χ0v) is 11.1. The average Bonchev–Trinajstić information content (AvgIpc) is 2.32. The molecule has 0 unspecified atom stereocenters. The summed E-state index contributed by atoms with van der Waals surface area (Å²) >= 11 is 0. The van der Waals surface area contributed by atoms with Crippen LogP contribution >= 0.6 is 7.82 Å². The molecule has 0 saturated heterocycles. The highest BCUT2D eigenvalue weighted by molar-refractivity contribution is 7.45. The number of carbonyl (C=O) groups excluding carboxylic acids is 1. The molecule has 0 rings (SSSR count). The topological polar surface area (TPSA) is 254 Å². The summed E-state index contributed by atoms with van der Waals surface area (Å²) in [6.07, 6.45) is -8.67. The van der Waals surface area contributed by atoms with Gasteiger partial charge in [-0.3, -0.25) is 0 Å². The number of aldehydes is 1. The molecule has 0 heterocycles. The van der Waals surface area contributed by atoms with Crippen LogP contribution in [0.25, 0.3) is 0 Å². The van der Waals surface area contributed by atoms with Gasteiger partial charge in [0.2, 0.25) is 0 Å². The van der Waals surface area contributed by atoms with Crippen molar-refractivity contribution in [2.24, 2.45) is 0 Å². The van der Waals surface area contributed by atoms with Crippen molar-refractivity contribution in [3.8, 4) is 0 Å². The SMILES string of the molecule is O=C(O)O.O=C[C@H](O)[C@@H](O)[C@H](O)[C@H](O)CO.O=P(O)(O)O. The van der Waals surface area contributed by atoms with E-state index >= 15 is 0 Å². The summed E-state index contributed by atoms with van der Waals surface area (Å²) in [6, 6.07) is 0. The van der Waals surface area contributed by atoms with Gasteiger partial charge in [-0.25, -0.2) is 9.36 Å². The van der Waals surface area contributed by atoms with E-state index in [1.807, 2.05) is 0 Å². The van der Waals surface area contributed by atoms with Gasteiger partial charge in [-0.1, -0.05) is 0 Å². The van der Waals surface area contributed by atoms with Crippen molar-refractivity contribution in [2.45, 2.75) is 24.4 Å². The second kappa shape index (κ2) is 12.6. The van der Waals surface area contributed by atoms with Crippen LogP contribution < -0.4 is 0 Å². The molecule has 0 aliphatic carbocycles. The van der Waals surface area contributed by atoms with E-state index < -0.39 is 45.0 Å². The van der Waals surface area contributed by atoms with Crippen molar-refractivity contribution in [1.82, 2.24) is 0 Å². The average molecular weight is 340 g/mol. The molecule has 0 aromatic heterocycles. The fourth-order valence-corrected chi connectivity index (χ4v) is 0.618. The summed E-state index contributed by atoms with van der Waals surface area (Å²) in [5.41, 5.74) is 0. The van der Waals surface area contributed by atoms with Crippen LogP contribution in [0.2, 0.25) is 0 Å². The predicted molar refractivity (Wildman–Crippen MR) is 62.1 cm³/mol. The molecule has 0 amide bonds. The van der Waals surface area contributed by atoms with E-state index in [0.29, 0.717) is 0 Å². The molecule has 0 aromatic carbocycles. The van der Waals surface area contributed by atoms with Crippen molar-refractivity contribution in [2.75, 3.05) is 6.61 Å². The number of aliphatic hydroxyl groups excluding tert-OH is 5. The zero-order valence-electron chi connectivity index (χ0n) is 10.2. The number of rotatable bonds is 5. The van der Waals surface area contributed by atoms with E-state index in [2.05, 4.69) is 0 Å². The molecule has 0 aliphatic rings. The molecule has 0 spiro atoms. The minimum Gasteiger partial charge on any atom is -0.450 e. The van der Waals surface area contributed by atoms with E-state index in [4.69, 9.17) is 59.8 Å². The van der Waals surface area contributed by atoms with Crippen molar-refractivity contribution in [3.63, 3.8) is 0 Å². The number of hydrogen-bond donors (Lipinski definition) is 10. The van der Waals surface area contributed by atoms with Gasteiger partial charge in [0.1, 0.15) is 24.4 Å². The second-order valence-electron chi connectivity index (χ2n) is 3.15. The Morgan fingerprint density at radius 2 is 1.29 bits per heavy atom. The molecule has 0 fully saturated rings. The number of carbonyl (C=O) groups is 2. The van der Waals surface area contributed by atoms with Crippen molar-refractivity contribution < 1.29 is 64.6 Å². The summed E-state index contributed by atoms with van der Waals surface area (Å²) < 4.78 is 8.88. The maximum atomic E-state index is 9.90. The standard InChI is InChI=1S/C6H12O6.CH2O3.H3O4P/c7-1-3(9)5(11)6(12)4(10)2-8;2-1(3)4;1-5(2,3)4/h1,3-6,8-12H,2H2;(H2,2,3,4);(H3,1,2,3,4)/t3-,4+,5+,6+;;/m0../s1. The van der Waals surface area contributed by atoms with E-state index in [9.17, 15) is 4.79 Å². The second-order valence-corrected chi connectivity index (χ2v) is 4.18. The summed E-state index contributed by atoms with van der Waals surface area (Å²) in [5.74, 6) is 0. The molecule has 13 nitrogen and oxygen atoms in total. The van der Waals surface area contributed by atoms with Gasteiger partial charge >= 0.3 is 14.0 Å². The number of phosphoric acid groups is 1. The summed E-state index contributed by atoms with van der Waals surface area (Å²) in [4.78, 5) is 40.0. The Morgan fingerprint density at radius 1 is 1.00 bits per heavy atom. The highest BCUT2D eigenvalue weighted by Crippen LogP contribution is 2.25. The normalized spacial score (nSPS) is 16.0. The van der Waals surface area contributed by atoms with Crippen molar-refractivity contribution >= 4 is 20.3 Å². The van der Waals surface area contributed by atoms with Crippen LogP contribution in [0.5, 0.6) is 0 Å². The quantitative estimate of drug-likeness (QED) is 0.169. The Kier molecular flexibility index (Phi) is 14.9. The summed E-state index contributed by atoms with van der Waals surface area (Å²) in [5, 5.41) is 57.5. The Balaban J connectivity index is -0.000000297. The molecular formula is C7H17O13P. The number of hydrogen-bond acceptors (Lipinski definition) is 8. The highest BCUT2D eigenvalue weighted by atomic mass is 31.2. The first-order chi connectivity index (χ1) is 9.27. The molecule has 0 saturated carbocycles. The van der Waals surface area contributed by atoms with Crippen LogP contribution in [-0.2, 0) is 9.36 Å². The lowest BCUT2D eigenvalue weighted by molar-refractivity contribution is -0.136. The van der Waals surface area contributed by atoms with E-state index in [1.165, 1.54) is 0 Å². The molecule has 128 valence electrons. The summed E-state index contributed by atoms with van der Waals surface area (Å²) in [6.45, 7) is -0.760. The van der Waals surface area contributed by atoms with Gasteiger partial charge < -0.3 is 55.2 Å². The Labute approximate surface area is 117 Å². The molecular weight excluding hydrogens is 323 g/mol. The maximum absolute atomic E-state index is 9.90. The lowest BCUT2D eigenvalue weighted by Crippen LogP contribution is -2.46. The fraction of sp³-hybridized carbons (Fsp3) is 0.714. The smallest absolute Gasteiger partial charge is 0.450 e. The molecule has 21 heavy (non-hydrogen) atoms. The lowest BCUT2D eigenvalue weighted by Gasteiger charge is -2.22. The number of carboxylic acid groups (broad SMARTS) is 2. The van der Waals surface area contributed by atoms with Crippen LogP contribution in [0.3, 0.4) is 0 Å². The van der Waals surface area contributed by atoms with Crippen molar-refractivity contribution in [1.29, 1.82) is 0 Å². The minimum atomic E-state index is -4.64. The highest BCUT2D eigenvalue weighted by Gasteiger charge is 2.29. The zero-order chi connectivity index (χ0) is 17.8.